The van der Waals surface area contributed by atoms with Gasteiger partial charge in [-0.2, -0.15) is 13.2 Å². The zero-order valence-corrected chi connectivity index (χ0v) is 24.2. The number of nitrogens with one attached hydrogen (secondary N) is 1. The summed E-state index contributed by atoms with van der Waals surface area (Å²) in [5.74, 6) is 2.51. The first kappa shape index (κ1) is 29.1. The second-order valence-electron chi connectivity index (χ2n) is 13.1. The highest BCUT2D eigenvalue weighted by molar-refractivity contribution is 5.83. The predicted molar refractivity (Wildman–Crippen MR) is 157 cm³/mol. The van der Waals surface area contributed by atoms with Crippen LogP contribution in [0.3, 0.4) is 0 Å². The van der Waals surface area contributed by atoms with Crippen molar-refractivity contribution in [3.05, 3.63) is 65.2 Å². The molecule has 2 N–H and O–H groups in total. The number of carbonyl (C=O) groups excluding carboxylic acids is 1. The number of phenols is 1. The van der Waals surface area contributed by atoms with E-state index in [-0.39, 0.29) is 30.4 Å². The largest absolute Gasteiger partial charge is 0.508 e. The van der Waals surface area contributed by atoms with Crippen molar-refractivity contribution in [2.75, 3.05) is 13.2 Å². The van der Waals surface area contributed by atoms with Crippen molar-refractivity contribution >= 4 is 11.5 Å². The molecule has 0 heterocycles. The van der Waals surface area contributed by atoms with Gasteiger partial charge in [-0.25, -0.2) is 0 Å². The monoisotopic (exact) mass is 581 g/mol. The second-order valence-corrected chi connectivity index (χ2v) is 13.1. The van der Waals surface area contributed by atoms with Crippen LogP contribution >= 0.6 is 0 Å². The van der Waals surface area contributed by atoms with Gasteiger partial charge in [-0.3, -0.25) is 4.79 Å². The van der Waals surface area contributed by atoms with Gasteiger partial charge in [0.2, 0.25) is 5.91 Å². The first-order valence-corrected chi connectivity index (χ1v) is 15.9. The molecule has 4 bridgehead atoms. The van der Waals surface area contributed by atoms with Gasteiger partial charge in [0.05, 0.1) is 12.5 Å². The molecule has 7 rings (SSSR count). The third-order valence-corrected chi connectivity index (χ3v) is 10.3. The van der Waals surface area contributed by atoms with Crippen molar-refractivity contribution in [1.29, 1.82) is 0 Å². The zero-order chi connectivity index (χ0) is 29.3. The summed E-state index contributed by atoms with van der Waals surface area (Å²) in [7, 11) is 0. The molecule has 0 aliphatic heterocycles. The van der Waals surface area contributed by atoms with E-state index in [9.17, 15) is 23.1 Å². The molecule has 0 saturated heterocycles. The number of rotatable bonds is 9. The van der Waals surface area contributed by atoms with Gasteiger partial charge in [-0.15, -0.1) is 0 Å². The highest BCUT2D eigenvalue weighted by Crippen LogP contribution is 2.58. The molecule has 5 saturated carbocycles. The quantitative estimate of drug-likeness (QED) is 0.293. The highest BCUT2D eigenvalue weighted by Gasteiger charge is 2.46. The average molecular weight is 582 g/mol. The van der Waals surface area contributed by atoms with Crippen LogP contribution in [-0.2, 0) is 4.79 Å². The molecule has 226 valence electrons. The summed E-state index contributed by atoms with van der Waals surface area (Å²) < 4.78 is 44.6. The number of allylic oxidation sites excluding steroid dienone is 1. The van der Waals surface area contributed by atoms with Crippen molar-refractivity contribution in [3.63, 3.8) is 0 Å². The Morgan fingerprint density at radius 1 is 0.810 bits per heavy atom. The lowest BCUT2D eigenvalue weighted by molar-refractivity contribution is -0.184. The highest BCUT2D eigenvalue weighted by atomic mass is 19.4. The Balaban J connectivity index is 1.01. The van der Waals surface area contributed by atoms with Gasteiger partial charge in [0.15, 0.2) is 0 Å². The van der Waals surface area contributed by atoms with E-state index >= 15 is 0 Å². The molecule has 5 aliphatic carbocycles. The molecular weight excluding hydrogens is 539 g/mol. The SMILES string of the molecule is O=C(NCCCCOc1ccc(C(=C2C3CC4CC(C3)CC2C4)c2ccc(O)cc2)cc1)[C@H]1CC[C@H](C(F)(F)F)CC1. The fraction of sp³-hybridized carbons (Fsp3) is 0.571. The van der Waals surface area contributed by atoms with E-state index in [1.54, 1.807) is 17.7 Å². The Labute approximate surface area is 246 Å². The van der Waals surface area contributed by atoms with Crippen LogP contribution in [0, 0.1) is 35.5 Å². The number of phenolic OH excluding ortho intramolecular Hbond substituents is 1. The molecule has 7 heteroatoms. The molecule has 0 atom stereocenters. The molecule has 1 amide bonds. The maximum absolute atomic E-state index is 12.9. The number of halogens is 3. The van der Waals surface area contributed by atoms with Crippen molar-refractivity contribution in [2.24, 2.45) is 35.5 Å². The molecule has 0 spiro atoms. The molecule has 4 nitrogen and oxygen atoms in total. The fourth-order valence-corrected chi connectivity index (χ4v) is 8.40. The van der Waals surface area contributed by atoms with Crippen LogP contribution < -0.4 is 10.1 Å². The molecule has 5 fully saturated rings. The smallest absolute Gasteiger partial charge is 0.391 e. The molecule has 2 aromatic rings. The van der Waals surface area contributed by atoms with Gasteiger partial charge in [0, 0.05) is 12.5 Å². The Kier molecular flexibility index (Phi) is 8.56. The van der Waals surface area contributed by atoms with E-state index in [4.69, 9.17) is 4.74 Å². The van der Waals surface area contributed by atoms with Crippen molar-refractivity contribution in [2.45, 2.75) is 76.8 Å². The number of aromatic hydroxyl groups is 1. The van der Waals surface area contributed by atoms with Crippen LogP contribution in [0.25, 0.3) is 5.57 Å². The van der Waals surface area contributed by atoms with E-state index in [1.165, 1.54) is 48.8 Å². The Morgan fingerprint density at radius 3 is 1.95 bits per heavy atom. The van der Waals surface area contributed by atoms with Crippen LogP contribution in [-0.4, -0.2) is 30.3 Å². The van der Waals surface area contributed by atoms with Crippen molar-refractivity contribution in [1.82, 2.24) is 5.32 Å². The number of amides is 1. The Bertz CT molecular complexity index is 1230. The first-order chi connectivity index (χ1) is 20.2. The molecule has 0 aromatic heterocycles. The maximum Gasteiger partial charge on any atom is 0.391 e. The normalized spacial score (nSPS) is 28.5. The van der Waals surface area contributed by atoms with Crippen LogP contribution in [0.5, 0.6) is 11.5 Å². The summed E-state index contributed by atoms with van der Waals surface area (Å²) in [6.07, 6.45) is 4.74. The average Bonchev–Trinajstić information content (AvgIpc) is 2.97. The lowest BCUT2D eigenvalue weighted by Crippen LogP contribution is -2.40. The number of alkyl halides is 3. The first-order valence-electron chi connectivity index (χ1n) is 15.9. The Hall–Kier alpha value is -2.96. The predicted octanol–water partition coefficient (Wildman–Crippen LogP) is 8.29. The van der Waals surface area contributed by atoms with E-state index in [0.29, 0.717) is 37.8 Å². The van der Waals surface area contributed by atoms with Gasteiger partial charge in [-0.05, 0) is 135 Å². The van der Waals surface area contributed by atoms with Crippen molar-refractivity contribution < 1.29 is 27.8 Å². The fourth-order valence-electron chi connectivity index (χ4n) is 8.40. The third kappa shape index (κ3) is 6.50. The Morgan fingerprint density at radius 2 is 1.38 bits per heavy atom. The van der Waals surface area contributed by atoms with Crippen LogP contribution in [0.2, 0.25) is 0 Å². The minimum atomic E-state index is -4.15. The van der Waals surface area contributed by atoms with Crippen LogP contribution in [0.15, 0.2) is 54.1 Å². The second kappa shape index (κ2) is 12.3. The molecule has 0 radical (unpaired) electrons. The molecule has 2 aromatic carbocycles. The number of unbranched alkanes of at least 4 members (excludes halogenated alkanes) is 1. The topological polar surface area (TPSA) is 58.6 Å². The third-order valence-electron chi connectivity index (χ3n) is 10.3. The summed E-state index contributed by atoms with van der Waals surface area (Å²) >= 11 is 0. The molecule has 42 heavy (non-hydrogen) atoms. The number of hydrogen-bond acceptors (Lipinski definition) is 3. The summed E-state index contributed by atoms with van der Waals surface area (Å²) in [5, 5.41) is 12.8. The lowest BCUT2D eigenvalue weighted by atomic mass is 9.53. The van der Waals surface area contributed by atoms with Gasteiger partial charge in [0.25, 0.3) is 0 Å². The summed E-state index contributed by atoms with van der Waals surface area (Å²) in [5.41, 5.74) is 5.32. The maximum atomic E-state index is 12.9. The minimum Gasteiger partial charge on any atom is -0.508 e. The molecule has 0 unspecified atom stereocenters. The van der Waals surface area contributed by atoms with Gasteiger partial charge < -0.3 is 15.2 Å². The van der Waals surface area contributed by atoms with E-state index < -0.39 is 12.1 Å². The lowest BCUT2D eigenvalue weighted by Gasteiger charge is -2.52. The van der Waals surface area contributed by atoms with Crippen LogP contribution in [0.1, 0.15) is 81.8 Å². The standard InChI is InChI=1S/C35H42F3NO3/c36-35(37,38)29-9-3-26(4-10-29)34(41)39-15-1-2-16-42-31-13-7-25(8-14-31)32(24-5-11-30(40)12-6-24)33-27-18-22-17-23(20-27)21-28(33)19-22/h5-8,11-14,22-23,26-29,40H,1-4,9-10,15-21H2,(H,39,41)/t22?,23?,26-,27?,28?,29-. The van der Waals surface area contributed by atoms with Crippen LogP contribution in [0.4, 0.5) is 13.2 Å². The van der Waals surface area contributed by atoms with Gasteiger partial charge in [0.1, 0.15) is 11.5 Å². The van der Waals surface area contributed by atoms with Crippen molar-refractivity contribution in [3.8, 4) is 11.5 Å². The summed E-state index contributed by atoms with van der Waals surface area (Å²) in [6, 6.07) is 16.0. The molecule has 5 aliphatic rings. The van der Waals surface area contributed by atoms with E-state index in [1.807, 2.05) is 24.3 Å². The van der Waals surface area contributed by atoms with Gasteiger partial charge >= 0.3 is 6.18 Å². The zero-order valence-electron chi connectivity index (χ0n) is 24.2. The molecular formula is C35H42F3NO3. The summed E-state index contributed by atoms with van der Waals surface area (Å²) in [6.45, 7) is 1.04. The number of hydrogen-bond donors (Lipinski definition) is 2. The van der Waals surface area contributed by atoms with E-state index in [0.717, 1.165) is 30.4 Å². The van der Waals surface area contributed by atoms with Gasteiger partial charge in [-0.1, -0.05) is 29.8 Å². The number of benzene rings is 2. The number of ether oxygens (including phenoxy) is 1. The number of carbonyl (C=O) groups is 1. The minimum absolute atomic E-state index is 0.0455. The summed E-state index contributed by atoms with van der Waals surface area (Å²) in [4.78, 5) is 12.4. The van der Waals surface area contributed by atoms with E-state index in [2.05, 4.69) is 17.4 Å².